The van der Waals surface area contributed by atoms with Crippen molar-refractivity contribution in [1.82, 2.24) is 0 Å². The predicted octanol–water partition coefficient (Wildman–Crippen LogP) is 2.95. The van der Waals surface area contributed by atoms with Gasteiger partial charge in [0, 0.05) is 5.41 Å². The fourth-order valence-electron chi connectivity index (χ4n) is 0.694. The summed E-state index contributed by atoms with van der Waals surface area (Å²) in [6, 6.07) is 0. The van der Waals surface area contributed by atoms with E-state index in [1.807, 2.05) is 20.8 Å². The van der Waals surface area contributed by atoms with Crippen molar-refractivity contribution in [3.8, 4) is 11.8 Å². The highest BCUT2D eigenvalue weighted by Crippen LogP contribution is 2.20. The SMILES string of the molecule is CC(C)(C)C#CCC(=O)CC(F)(F)F. The third kappa shape index (κ3) is 9.11. The van der Waals surface area contributed by atoms with Crippen molar-refractivity contribution < 1.29 is 18.0 Å². The Morgan fingerprint density at radius 3 is 2.07 bits per heavy atom. The summed E-state index contributed by atoms with van der Waals surface area (Å²) < 4.78 is 35.1. The number of Topliss-reactive ketones (excluding diaryl/α,β-unsaturated/α-hetero) is 1. The molecule has 80 valence electrons. The van der Waals surface area contributed by atoms with Gasteiger partial charge in [-0.1, -0.05) is 11.8 Å². The second-order valence-corrected chi connectivity index (χ2v) is 4.06. The van der Waals surface area contributed by atoms with Crippen LogP contribution >= 0.6 is 0 Å². The number of alkyl halides is 3. The zero-order chi connectivity index (χ0) is 11.4. The van der Waals surface area contributed by atoms with Gasteiger partial charge in [0.25, 0.3) is 0 Å². The molecule has 0 aliphatic heterocycles. The molecule has 0 aliphatic carbocycles. The van der Waals surface area contributed by atoms with Crippen molar-refractivity contribution >= 4 is 5.78 Å². The fraction of sp³-hybridized carbons (Fsp3) is 0.700. The lowest BCUT2D eigenvalue weighted by atomic mass is 9.97. The highest BCUT2D eigenvalue weighted by atomic mass is 19.4. The summed E-state index contributed by atoms with van der Waals surface area (Å²) in [7, 11) is 0. The highest BCUT2D eigenvalue weighted by Gasteiger charge is 2.30. The van der Waals surface area contributed by atoms with Crippen LogP contribution in [0.5, 0.6) is 0 Å². The first-order valence-corrected chi connectivity index (χ1v) is 4.19. The minimum Gasteiger partial charge on any atom is -0.298 e. The van der Waals surface area contributed by atoms with E-state index in [1.165, 1.54) is 0 Å². The highest BCUT2D eigenvalue weighted by molar-refractivity contribution is 5.81. The monoisotopic (exact) mass is 206 g/mol. The Morgan fingerprint density at radius 2 is 1.71 bits per heavy atom. The maximum absolute atomic E-state index is 11.7. The molecule has 4 heteroatoms. The lowest BCUT2D eigenvalue weighted by molar-refractivity contribution is -0.151. The Kier molecular flexibility index (Phi) is 4.18. The number of hydrogen-bond acceptors (Lipinski definition) is 1. The largest absolute Gasteiger partial charge is 0.395 e. The van der Waals surface area contributed by atoms with Crippen molar-refractivity contribution in [2.45, 2.75) is 39.8 Å². The molecule has 1 nitrogen and oxygen atoms in total. The standard InChI is InChI=1S/C10H13F3O/c1-9(2,3)6-4-5-8(14)7-10(11,12)13/h5,7H2,1-3H3. The topological polar surface area (TPSA) is 17.1 Å². The summed E-state index contributed by atoms with van der Waals surface area (Å²) in [6.07, 6.45) is -6.12. The maximum atomic E-state index is 11.7. The Labute approximate surface area is 81.7 Å². The van der Waals surface area contributed by atoms with Crippen LogP contribution in [0.15, 0.2) is 0 Å². The van der Waals surface area contributed by atoms with Crippen LogP contribution < -0.4 is 0 Å². The van der Waals surface area contributed by atoms with Crippen LogP contribution in [0.1, 0.15) is 33.6 Å². The molecule has 0 aromatic carbocycles. The van der Waals surface area contributed by atoms with Gasteiger partial charge >= 0.3 is 6.18 Å². The number of hydrogen-bond donors (Lipinski definition) is 0. The van der Waals surface area contributed by atoms with Crippen LogP contribution in [-0.2, 0) is 4.79 Å². The quantitative estimate of drug-likeness (QED) is 0.635. The Hall–Kier alpha value is -0.980. The molecule has 0 heterocycles. The molecule has 0 aromatic heterocycles. The van der Waals surface area contributed by atoms with Gasteiger partial charge in [-0.25, -0.2) is 0 Å². The molecular formula is C10H13F3O. The van der Waals surface area contributed by atoms with E-state index >= 15 is 0 Å². The van der Waals surface area contributed by atoms with Gasteiger partial charge in [-0.2, -0.15) is 13.2 Å². The van der Waals surface area contributed by atoms with Crippen molar-refractivity contribution in [2.75, 3.05) is 0 Å². The van der Waals surface area contributed by atoms with Gasteiger partial charge in [0.2, 0.25) is 0 Å². The van der Waals surface area contributed by atoms with Crippen molar-refractivity contribution in [1.29, 1.82) is 0 Å². The minimum atomic E-state index is -4.42. The van der Waals surface area contributed by atoms with Gasteiger partial charge in [-0.3, -0.25) is 4.79 Å². The normalized spacial score (nSPS) is 11.9. The first-order chi connectivity index (χ1) is 6.10. The second-order valence-electron chi connectivity index (χ2n) is 4.06. The Bertz CT molecular complexity index is 260. The number of halogens is 3. The minimum absolute atomic E-state index is 0.279. The Morgan fingerprint density at radius 1 is 1.21 bits per heavy atom. The smallest absolute Gasteiger partial charge is 0.298 e. The molecule has 0 atom stereocenters. The van der Waals surface area contributed by atoms with Crippen molar-refractivity contribution in [3.63, 3.8) is 0 Å². The molecule has 0 aliphatic rings. The average Bonchev–Trinajstić information content (AvgIpc) is 1.78. The van der Waals surface area contributed by atoms with Crippen molar-refractivity contribution in [2.24, 2.45) is 5.41 Å². The van der Waals surface area contributed by atoms with E-state index in [1.54, 1.807) is 0 Å². The molecule has 14 heavy (non-hydrogen) atoms. The molecule has 0 saturated carbocycles. The third-order valence-corrected chi connectivity index (χ3v) is 1.15. The van der Waals surface area contributed by atoms with Gasteiger partial charge < -0.3 is 0 Å². The van der Waals surface area contributed by atoms with E-state index in [2.05, 4.69) is 11.8 Å². The number of carbonyl (C=O) groups excluding carboxylic acids is 1. The second kappa shape index (κ2) is 4.50. The lowest BCUT2D eigenvalue weighted by Crippen LogP contribution is -2.14. The zero-order valence-corrected chi connectivity index (χ0v) is 8.46. The van der Waals surface area contributed by atoms with Gasteiger partial charge in [0.05, 0.1) is 6.42 Å². The predicted molar refractivity (Wildman–Crippen MR) is 47.5 cm³/mol. The third-order valence-electron chi connectivity index (χ3n) is 1.15. The zero-order valence-electron chi connectivity index (χ0n) is 8.46. The van der Waals surface area contributed by atoms with E-state index in [0.29, 0.717) is 0 Å². The molecule has 0 fully saturated rings. The molecule has 0 N–H and O–H groups in total. The van der Waals surface area contributed by atoms with E-state index in [4.69, 9.17) is 0 Å². The molecule has 0 bridgehead atoms. The fourth-order valence-corrected chi connectivity index (χ4v) is 0.694. The molecule has 0 unspecified atom stereocenters. The number of carbonyl (C=O) groups is 1. The summed E-state index contributed by atoms with van der Waals surface area (Å²) in [4.78, 5) is 10.7. The first-order valence-electron chi connectivity index (χ1n) is 4.19. The van der Waals surface area contributed by atoms with Gasteiger partial charge in [0.1, 0.15) is 6.42 Å². The average molecular weight is 206 g/mol. The van der Waals surface area contributed by atoms with E-state index in [9.17, 15) is 18.0 Å². The number of rotatable bonds is 2. The van der Waals surface area contributed by atoms with E-state index < -0.39 is 18.4 Å². The summed E-state index contributed by atoms with van der Waals surface area (Å²) in [6.45, 7) is 5.48. The summed E-state index contributed by atoms with van der Waals surface area (Å²) in [5.74, 6) is 4.27. The maximum Gasteiger partial charge on any atom is 0.395 e. The van der Waals surface area contributed by atoms with Crippen LogP contribution in [0.2, 0.25) is 0 Å². The van der Waals surface area contributed by atoms with Crippen molar-refractivity contribution in [3.05, 3.63) is 0 Å². The summed E-state index contributed by atoms with van der Waals surface area (Å²) in [5.41, 5.74) is -0.279. The number of ketones is 1. The van der Waals surface area contributed by atoms with Gasteiger partial charge in [0.15, 0.2) is 5.78 Å². The molecule has 0 rings (SSSR count). The van der Waals surface area contributed by atoms with Crippen LogP contribution in [0, 0.1) is 17.3 Å². The molecule has 0 amide bonds. The Balaban J connectivity index is 4.03. The molecule has 0 radical (unpaired) electrons. The van der Waals surface area contributed by atoms with Crippen LogP contribution in [0.4, 0.5) is 13.2 Å². The first kappa shape index (κ1) is 13.0. The molecule has 0 aromatic rings. The van der Waals surface area contributed by atoms with Crippen LogP contribution in [-0.4, -0.2) is 12.0 Å². The summed E-state index contributed by atoms with van der Waals surface area (Å²) in [5, 5.41) is 0. The molecular weight excluding hydrogens is 193 g/mol. The van der Waals surface area contributed by atoms with Crippen LogP contribution in [0.3, 0.4) is 0 Å². The van der Waals surface area contributed by atoms with Gasteiger partial charge in [-0.05, 0) is 20.8 Å². The summed E-state index contributed by atoms with van der Waals surface area (Å²) >= 11 is 0. The molecule has 0 spiro atoms. The van der Waals surface area contributed by atoms with E-state index in [0.717, 1.165) is 0 Å². The van der Waals surface area contributed by atoms with Crippen LogP contribution in [0.25, 0.3) is 0 Å². The van der Waals surface area contributed by atoms with E-state index in [-0.39, 0.29) is 11.8 Å². The van der Waals surface area contributed by atoms with Gasteiger partial charge in [-0.15, -0.1) is 0 Å². The molecule has 0 saturated heterocycles. The lowest BCUT2D eigenvalue weighted by Gasteiger charge is -2.07.